The summed E-state index contributed by atoms with van der Waals surface area (Å²) < 4.78 is 102. The van der Waals surface area contributed by atoms with Crippen LogP contribution in [0.5, 0.6) is 11.5 Å². The third kappa shape index (κ3) is 7.19. The maximum atomic E-state index is 13.5. The standard InChI is InChI=1S/C22H19F7O4/c23-12-8-7-9-13(24)21(12)32-14(30)10-5-3-1-2-4-6-11-15(31)33-22-19(28)17(26)16(25)18(27)20(22)29/h7-9H,1-6,10-11H2. The van der Waals surface area contributed by atoms with E-state index in [0.29, 0.717) is 32.1 Å². The molecule has 0 aliphatic rings. The Morgan fingerprint density at radius 1 is 0.545 bits per heavy atom. The zero-order chi connectivity index (χ0) is 24.5. The van der Waals surface area contributed by atoms with Gasteiger partial charge in [-0.25, -0.2) is 22.0 Å². The number of rotatable bonds is 11. The molecule has 0 atom stereocenters. The van der Waals surface area contributed by atoms with Gasteiger partial charge < -0.3 is 9.47 Å². The zero-order valence-corrected chi connectivity index (χ0v) is 17.2. The van der Waals surface area contributed by atoms with Gasteiger partial charge in [0, 0.05) is 12.8 Å². The summed E-state index contributed by atoms with van der Waals surface area (Å²) in [6, 6.07) is 3.07. The molecule has 0 amide bonds. The largest absolute Gasteiger partial charge is 0.420 e. The lowest BCUT2D eigenvalue weighted by Gasteiger charge is -2.09. The van der Waals surface area contributed by atoms with Crippen molar-refractivity contribution in [3.63, 3.8) is 0 Å². The van der Waals surface area contributed by atoms with E-state index in [0.717, 1.165) is 18.2 Å². The van der Waals surface area contributed by atoms with Gasteiger partial charge in [0.25, 0.3) is 0 Å². The van der Waals surface area contributed by atoms with E-state index >= 15 is 0 Å². The number of esters is 2. The molecule has 0 saturated heterocycles. The highest BCUT2D eigenvalue weighted by Crippen LogP contribution is 2.29. The molecule has 0 aliphatic carbocycles. The third-order valence-electron chi connectivity index (χ3n) is 4.53. The van der Waals surface area contributed by atoms with Gasteiger partial charge in [-0.05, 0) is 25.0 Å². The van der Waals surface area contributed by atoms with Gasteiger partial charge in [0.2, 0.25) is 40.6 Å². The van der Waals surface area contributed by atoms with Crippen molar-refractivity contribution in [2.45, 2.75) is 51.4 Å². The lowest BCUT2D eigenvalue weighted by Crippen LogP contribution is -2.13. The van der Waals surface area contributed by atoms with E-state index < -0.39 is 64.2 Å². The van der Waals surface area contributed by atoms with Crippen LogP contribution in [0.15, 0.2) is 18.2 Å². The Balaban J connectivity index is 1.62. The molecular formula is C22H19F7O4. The third-order valence-corrected chi connectivity index (χ3v) is 4.53. The molecule has 33 heavy (non-hydrogen) atoms. The molecule has 180 valence electrons. The van der Waals surface area contributed by atoms with Gasteiger partial charge in [-0.3, -0.25) is 9.59 Å². The highest BCUT2D eigenvalue weighted by Gasteiger charge is 2.28. The predicted octanol–water partition coefficient (Wildman–Crippen LogP) is 6.29. The van der Waals surface area contributed by atoms with Crippen molar-refractivity contribution in [3.8, 4) is 11.5 Å². The molecule has 0 aromatic heterocycles. The zero-order valence-electron chi connectivity index (χ0n) is 17.2. The van der Waals surface area contributed by atoms with Crippen LogP contribution in [0.25, 0.3) is 0 Å². The Morgan fingerprint density at radius 3 is 1.36 bits per heavy atom. The summed E-state index contributed by atoms with van der Waals surface area (Å²) in [7, 11) is 0. The summed E-state index contributed by atoms with van der Waals surface area (Å²) in [5.41, 5.74) is 0. The average Bonchev–Trinajstić information content (AvgIpc) is 2.78. The second-order valence-electron chi connectivity index (χ2n) is 7.02. The van der Waals surface area contributed by atoms with Crippen molar-refractivity contribution in [3.05, 3.63) is 58.9 Å². The lowest BCUT2D eigenvalue weighted by atomic mass is 10.1. The van der Waals surface area contributed by atoms with Crippen molar-refractivity contribution >= 4 is 11.9 Å². The molecule has 0 saturated carbocycles. The first kappa shape index (κ1) is 26.1. The monoisotopic (exact) mass is 480 g/mol. The summed E-state index contributed by atoms with van der Waals surface area (Å²) in [4.78, 5) is 23.3. The lowest BCUT2D eigenvalue weighted by molar-refractivity contribution is -0.135. The van der Waals surface area contributed by atoms with Crippen LogP contribution >= 0.6 is 0 Å². The van der Waals surface area contributed by atoms with Crippen LogP contribution in [0.4, 0.5) is 30.7 Å². The smallest absolute Gasteiger partial charge is 0.311 e. The second-order valence-corrected chi connectivity index (χ2v) is 7.02. The summed E-state index contributed by atoms with van der Waals surface area (Å²) in [5, 5.41) is 0. The molecule has 0 bridgehead atoms. The fourth-order valence-corrected chi connectivity index (χ4v) is 2.83. The van der Waals surface area contributed by atoms with Crippen LogP contribution in [0.3, 0.4) is 0 Å². The fraction of sp³-hybridized carbons (Fsp3) is 0.364. The van der Waals surface area contributed by atoms with E-state index in [9.17, 15) is 40.3 Å². The molecule has 0 unspecified atom stereocenters. The number of carbonyl (C=O) groups excluding carboxylic acids is 2. The van der Waals surface area contributed by atoms with Crippen molar-refractivity contribution in [2.24, 2.45) is 0 Å². The van der Waals surface area contributed by atoms with Crippen molar-refractivity contribution in [1.29, 1.82) is 0 Å². The number of carbonyl (C=O) groups is 2. The Kier molecular flexibility index (Phi) is 9.68. The van der Waals surface area contributed by atoms with Gasteiger partial charge in [0.15, 0.2) is 11.6 Å². The Labute approximate surface area is 184 Å². The first-order chi connectivity index (χ1) is 15.6. The van der Waals surface area contributed by atoms with E-state index in [1.807, 2.05) is 0 Å². The van der Waals surface area contributed by atoms with Crippen molar-refractivity contribution in [1.82, 2.24) is 0 Å². The first-order valence-electron chi connectivity index (χ1n) is 10.00. The predicted molar refractivity (Wildman–Crippen MR) is 101 cm³/mol. The number of unbranched alkanes of at least 4 members (excludes halogenated alkanes) is 5. The molecular weight excluding hydrogens is 461 g/mol. The summed E-state index contributed by atoms with van der Waals surface area (Å²) >= 11 is 0. The summed E-state index contributed by atoms with van der Waals surface area (Å²) in [5.74, 6) is -17.5. The van der Waals surface area contributed by atoms with E-state index in [1.165, 1.54) is 0 Å². The quantitative estimate of drug-likeness (QED) is 0.0947. The van der Waals surface area contributed by atoms with Crippen LogP contribution in [0, 0.1) is 40.7 Å². The summed E-state index contributed by atoms with van der Waals surface area (Å²) in [6.45, 7) is 0. The Morgan fingerprint density at radius 2 is 0.909 bits per heavy atom. The molecule has 0 fully saturated rings. The highest BCUT2D eigenvalue weighted by atomic mass is 19.2. The Bertz CT molecular complexity index is 961. The number of halogens is 7. The van der Waals surface area contributed by atoms with Crippen LogP contribution < -0.4 is 9.47 Å². The minimum atomic E-state index is -2.35. The molecule has 2 rings (SSSR count). The SMILES string of the molecule is O=C(CCCCCCCCC(=O)Oc1c(F)c(F)c(F)c(F)c1F)Oc1c(F)cccc1F. The van der Waals surface area contributed by atoms with Gasteiger partial charge in [-0.2, -0.15) is 8.78 Å². The number of benzene rings is 2. The molecule has 2 aromatic carbocycles. The fourth-order valence-electron chi connectivity index (χ4n) is 2.83. The molecule has 0 spiro atoms. The normalized spacial score (nSPS) is 10.9. The summed E-state index contributed by atoms with van der Waals surface area (Å²) in [6.07, 6.45) is 2.63. The first-order valence-corrected chi connectivity index (χ1v) is 10.00. The van der Waals surface area contributed by atoms with Gasteiger partial charge in [0.1, 0.15) is 0 Å². The minimum Gasteiger partial charge on any atom is -0.420 e. The van der Waals surface area contributed by atoms with Gasteiger partial charge in [-0.15, -0.1) is 0 Å². The topological polar surface area (TPSA) is 52.6 Å². The highest BCUT2D eigenvalue weighted by molar-refractivity contribution is 5.72. The molecule has 0 aliphatic heterocycles. The number of ether oxygens (including phenoxy) is 2. The molecule has 4 nitrogen and oxygen atoms in total. The van der Waals surface area contributed by atoms with E-state index in [4.69, 9.17) is 0 Å². The molecule has 2 aromatic rings. The molecule has 11 heteroatoms. The number of hydrogen-bond donors (Lipinski definition) is 0. The van der Waals surface area contributed by atoms with Crippen molar-refractivity contribution < 1.29 is 49.8 Å². The van der Waals surface area contributed by atoms with Crippen LogP contribution in [0.2, 0.25) is 0 Å². The van der Waals surface area contributed by atoms with Gasteiger partial charge >= 0.3 is 11.9 Å². The molecule has 0 heterocycles. The average molecular weight is 480 g/mol. The van der Waals surface area contributed by atoms with Crippen LogP contribution in [-0.4, -0.2) is 11.9 Å². The molecule has 0 N–H and O–H groups in total. The van der Waals surface area contributed by atoms with Crippen LogP contribution in [-0.2, 0) is 9.59 Å². The number of para-hydroxylation sites is 1. The second kappa shape index (κ2) is 12.2. The van der Waals surface area contributed by atoms with E-state index in [1.54, 1.807) is 0 Å². The van der Waals surface area contributed by atoms with E-state index in [2.05, 4.69) is 9.47 Å². The maximum absolute atomic E-state index is 13.5. The van der Waals surface area contributed by atoms with Gasteiger partial charge in [0.05, 0.1) is 0 Å². The molecule has 0 radical (unpaired) electrons. The van der Waals surface area contributed by atoms with Crippen molar-refractivity contribution in [2.75, 3.05) is 0 Å². The van der Waals surface area contributed by atoms with Gasteiger partial charge in [-0.1, -0.05) is 31.7 Å². The minimum absolute atomic E-state index is 0.0536. The van der Waals surface area contributed by atoms with Crippen LogP contribution in [0.1, 0.15) is 51.4 Å². The van der Waals surface area contributed by atoms with E-state index in [-0.39, 0.29) is 19.3 Å². The maximum Gasteiger partial charge on any atom is 0.311 e. The number of hydrogen-bond acceptors (Lipinski definition) is 4. The Hall–Kier alpha value is -3.11.